The van der Waals surface area contributed by atoms with Crippen molar-refractivity contribution in [2.75, 3.05) is 0 Å². The fourth-order valence-corrected chi connectivity index (χ4v) is 4.29. The van der Waals surface area contributed by atoms with E-state index in [2.05, 4.69) is 14.9 Å². The lowest BCUT2D eigenvalue weighted by molar-refractivity contribution is 0.390. The molecule has 7 nitrogen and oxygen atoms in total. The Balaban J connectivity index is 2.07. The highest BCUT2D eigenvalue weighted by atomic mass is 35.5. The second-order valence-electron chi connectivity index (χ2n) is 5.66. The van der Waals surface area contributed by atoms with Crippen LogP contribution in [0.25, 0.3) is 0 Å². The summed E-state index contributed by atoms with van der Waals surface area (Å²) in [6.07, 6.45) is 3.37. The van der Waals surface area contributed by atoms with E-state index in [1.165, 1.54) is 0 Å². The van der Waals surface area contributed by atoms with Gasteiger partial charge in [0, 0.05) is 24.5 Å². The average Bonchev–Trinajstić information content (AvgIpc) is 3.12. The van der Waals surface area contributed by atoms with Crippen LogP contribution in [0.5, 0.6) is 0 Å². The second kappa shape index (κ2) is 6.62. The molecule has 0 fully saturated rings. The van der Waals surface area contributed by atoms with Crippen molar-refractivity contribution in [2.24, 2.45) is 7.05 Å². The number of benzene rings is 1. The first-order chi connectivity index (χ1) is 11.8. The van der Waals surface area contributed by atoms with E-state index in [0.29, 0.717) is 22.1 Å². The quantitative estimate of drug-likeness (QED) is 0.735. The molecular weight excluding hydrogens is 364 g/mol. The Kier molecular flexibility index (Phi) is 4.68. The van der Waals surface area contributed by atoms with Gasteiger partial charge in [0.05, 0.1) is 0 Å². The van der Waals surface area contributed by atoms with Crippen LogP contribution in [0.15, 0.2) is 46.1 Å². The van der Waals surface area contributed by atoms with E-state index in [-0.39, 0.29) is 10.7 Å². The lowest BCUT2D eigenvalue weighted by Crippen LogP contribution is -2.31. The number of nitrogens with one attached hydrogen (secondary N) is 1. The molecule has 0 saturated carbocycles. The third-order valence-electron chi connectivity index (χ3n) is 3.83. The zero-order valence-electron chi connectivity index (χ0n) is 13.9. The molecule has 3 rings (SSSR count). The van der Waals surface area contributed by atoms with Gasteiger partial charge in [0.15, 0.2) is 5.76 Å². The number of rotatable bonds is 5. The number of halogens is 1. The first-order valence-corrected chi connectivity index (χ1v) is 9.33. The van der Waals surface area contributed by atoms with E-state index >= 15 is 0 Å². The fourth-order valence-electron chi connectivity index (χ4n) is 2.65. The standard InChI is InChI=1S/C16H17ClN4O3S/c1-10-15(11(2)24-19-10)25(22,23)20-14(16-18-8-9-21(16)3)12-4-6-13(17)7-5-12/h4-9,14,20H,1-3H3/t14-/m0/s1. The van der Waals surface area contributed by atoms with E-state index in [4.69, 9.17) is 16.1 Å². The van der Waals surface area contributed by atoms with Crippen LogP contribution in [-0.2, 0) is 17.1 Å². The minimum atomic E-state index is -3.87. The highest BCUT2D eigenvalue weighted by Crippen LogP contribution is 2.26. The number of imidazole rings is 1. The van der Waals surface area contributed by atoms with Crippen molar-refractivity contribution >= 4 is 21.6 Å². The molecule has 3 aromatic rings. The van der Waals surface area contributed by atoms with Crippen molar-refractivity contribution < 1.29 is 12.9 Å². The Morgan fingerprint density at radius 2 is 1.92 bits per heavy atom. The predicted molar refractivity (Wildman–Crippen MR) is 92.8 cm³/mol. The van der Waals surface area contributed by atoms with Crippen LogP contribution in [0, 0.1) is 13.8 Å². The third-order valence-corrected chi connectivity index (χ3v) is 5.75. The van der Waals surface area contributed by atoms with E-state index in [0.717, 1.165) is 0 Å². The number of sulfonamides is 1. The van der Waals surface area contributed by atoms with Crippen LogP contribution >= 0.6 is 11.6 Å². The van der Waals surface area contributed by atoms with Gasteiger partial charge in [-0.05, 0) is 31.5 Å². The minimum absolute atomic E-state index is 0.0423. The van der Waals surface area contributed by atoms with E-state index in [9.17, 15) is 8.42 Å². The van der Waals surface area contributed by atoms with Gasteiger partial charge in [0.1, 0.15) is 22.5 Å². The second-order valence-corrected chi connectivity index (χ2v) is 7.74. The largest absolute Gasteiger partial charge is 0.360 e. The summed E-state index contributed by atoms with van der Waals surface area (Å²) in [6.45, 7) is 3.15. The molecule has 1 atom stereocenters. The molecule has 0 radical (unpaired) electrons. The van der Waals surface area contributed by atoms with Crippen molar-refractivity contribution in [1.82, 2.24) is 19.4 Å². The number of hydrogen-bond acceptors (Lipinski definition) is 5. The Morgan fingerprint density at radius 3 is 2.44 bits per heavy atom. The number of aryl methyl sites for hydroxylation is 3. The predicted octanol–water partition coefficient (Wildman–Crippen LogP) is 2.75. The Hall–Kier alpha value is -2.16. The SMILES string of the molecule is Cc1noc(C)c1S(=O)(=O)N[C@@H](c1ccc(Cl)cc1)c1nccn1C. The summed E-state index contributed by atoms with van der Waals surface area (Å²) in [5.74, 6) is 0.789. The Bertz CT molecular complexity index is 973. The molecular formula is C16H17ClN4O3S. The van der Waals surface area contributed by atoms with Gasteiger partial charge in [0.2, 0.25) is 10.0 Å². The normalized spacial score (nSPS) is 13.1. The fraction of sp³-hybridized carbons (Fsp3) is 0.250. The summed E-state index contributed by atoms with van der Waals surface area (Å²) in [6, 6.07) is 6.25. The van der Waals surface area contributed by atoms with Crippen LogP contribution in [0.1, 0.15) is 28.9 Å². The molecule has 25 heavy (non-hydrogen) atoms. The van der Waals surface area contributed by atoms with Gasteiger partial charge in [-0.25, -0.2) is 13.4 Å². The van der Waals surface area contributed by atoms with Gasteiger partial charge in [-0.1, -0.05) is 28.9 Å². The van der Waals surface area contributed by atoms with Crippen LogP contribution < -0.4 is 4.72 Å². The zero-order valence-corrected chi connectivity index (χ0v) is 15.5. The summed E-state index contributed by atoms with van der Waals surface area (Å²) >= 11 is 5.95. The van der Waals surface area contributed by atoms with Crippen molar-refractivity contribution in [3.8, 4) is 0 Å². The number of aromatic nitrogens is 3. The highest BCUT2D eigenvalue weighted by Gasteiger charge is 2.30. The summed E-state index contributed by atoms with van der Waals surface area (Å²) in [4.78, 5) is 4.33. The van der Waals surface area contributed by atoms with Gasteiger partial charge in [0.25, 0.3) is 0 Å². The van der Waals surface area contributed by atoms with Gasteiger partial charge < -0.3 is 9.09 Å². The Labute approximate surface area is 150 Å². The first kappa shape index (κ1) is 17.7. The summed E-state index contributed by atoms with van der Waals surface area (Å²) < 4.78 is 35.3. The van der Waals surface area contributed by atoms with E-state index in [1.54, 1.807) is 62.1 Å². The van der Waals surface area contributed by atoms with Crippen molar-refractivity contribution in [1.29, 1.82) is 0 Å². The first-order valence-electron chi connectivity index (χ1n) is 7.47. The molecule has 2 heterocycles. The van der Waals surface area contributed by atoms with Crippen LogP contribution in [0.3, 0.4) is 0 Å². The molecule has 0 saturated heterocycles. The van der Waals surface area contributed by atoms with Crippen molar-refractivity contribution in [3.63, 3.8) is 0 Å². The lowest BCUT2D eigenvalue weighted by atomic mass is 10.1. The molecule has 0 aliphatic heterocycles. The lowest BCUT2D eigenvalue weighted by Gasteiger charge is -2.19. The molecule has 1 aromatic carbocycles. The van der Waals surface area contributed by atoms with Crippen LogP contribution in [0.2, 0.25) is 5.02 Å². The molecule has 0 amide bonds. The molecule has 0 unspecified atom stereocenters. The molecule has 2 aromatic heterocycles. The highest BCUT2D eigenvalue weighted by molar-refractivity contribution is 7.89. The third kappa shape index (κ3) is 3.46. The van der Waals surface area contributed by atoms with Gasteiger partial charge >= 0.3 is 0 Å². The number of nitrogens with zero attached hydrogens (tertiary/aromatic N) is 3. The van der Waals surface area contributed by atoms with Crippen LogP contribution in [-0.4, -0.2) is 23.1 Å². The van der Waals surface area contributed by atoms with Gasteiger partial charge in [-0.15, -0.1) is 0 Å². The maximum absolute atomic E-state index is 12.9. The monoisotopic (exact) mass is 380 g/mol. The maximum atomic E-state index is 12.9. The molecule has 0 aliphatic carbocycles. The molecule has 1 N–H and O–H groups in total. The molecule has 9 heteroatoms. The zero-order chi connectivity index (χ0) is 18.2. The van der Waals surface area contributed by atoms with E-state index in [1.807, 2.05) is 0 Å². The van der Waals surface area contributed by atoms with Crippen molar-refractivity contribution in [3.05, 3.63) is 64.5 Å². The van der Waals surface area contributed by atoms with Crippen molar-refractivity contribution in [2.45, 2.75) is 24.8 Å². The van der Waals surface area contributed by atoms with E-state index < -0.39 is 16.1 Å². The summed E-state index contributed by atoms with van der Waals surface area (Å²) in [5.41, 5.74) is 1.02. The molecule has 0 bridgehead atoms. The molecule has 132 valence electrons. The smallest absolute Gasteiger partial charge is 0.246 e. The van der Waals surface area contributed by atoms with Crippen LogP contribution in [0.4, 0.5) is 0 Å². The Morgan fingerprint density at radius 1 is 1.24 bits per heavy atom. The topological polar surface area (TPSA) is 90.0 Å². The van der Waals surface area contributed by atoms with Gasteiger partial charge in [-0.3, -0.25) is 0 Å². The number of hydrogen-bond donors (Lipinski definition) is 1. The summed E-state index contributed by atoms with van der Waals surface area (Å²) in [5, 5.41) is 4.29. The minimum Gasteiger partial charge on any atom is -0.360 e. The van der Waals surface area contributed by atoms with Gasteiger partial charge in [-0.2, -0.15) is 4.72 Å². The molecule has 0 aliphatic rings. The maximum Gasteiger partial charge on any atom is 0.246 e. The average molecular weight is 381 g/mol. The summed E-state index contributed by atoms with van der Waals surface area (Å²) in [7, 11) is -2.07. The molecule has 0 spiro atoms.